The summed E-state index contributed by atoms with van der Waals surface area (Å²) in [5.74, 6) is 5.73. The van der Waals surface area contributed by atoms with E-state index in [1.807, 2.05) is 6.92 Å². The fourth-order valence-corrected chi connectivity index (χ4v) is 8.95. The SMILES string of the molecule is CC1(C#CCO)OC1CCCCO[Si](c1ccccc1)(c1ccccc1)C(C)(C)C. The molecule has 0 radical (unpaired) electrons. The molecule has 0 bridgehead atoms. The van der Waals surface area contributed by atoms with Crippen LogP contribution in [0.5, 0.6) is 0 Å². The molecule has 1 saturated heterocycles. The Morgan fingerprint density at radius 3 is 2.07 bits per heavy atom. The van der Waals surface area contributed by atoms with Crippen molar-refractivity contribution in [2.75, 3.05) is 13.2 Å². The standard InChI is InChI=1S/C26H34O3Si/c1-25(2,3)30(22-14-7-5-8-15-22,23-16-9-6-10-17-23)28-21-12-11-18-24-26(4,29-24)19-13-20-27/h5-10,14-17,24,27H,11-12,18,20-21H2,1-4H3. The van der Waals surface area contributed by atoms with Gasteiger partial charge in [-0.1, -0.05) is 93.3 Å². The molecule has 1 heterocycles. The average Bonchev–Trinajstić information content (AvgIpc) is 3.39. The first-order valence-electron chi connectivity index (χ1n) is 10.9. The van der Waals surface area contributed by atoms with Crippen molar-refractivity contribution in [3.05, 3.63) is 60.7 Å². The van der Waals surface area contributed by atoms with Crippen LogP contribution >= 0.6 is 0 Å². The Morgan fingerprint density at radius 2 is 1.57 bits per heavy atom. The van der Waals surface area contributed by atoms with Gasteiger partial charge in [0.05, 0.1) is 6.10 Å². The van der Waals surface area contributed by atoms with E-state index in [1.54, 1.807) is 0 Å². The Bertz CT molecular complexity index is 824. The molecule has 0 aliphatic carbocycles. The third-order valence-electron chi connectivity index (χ3n) is 5.96. The second-order valence-electron chi connectivity index (χ2n) is 9.18. The van der Waals surface area contributed by atoms with E-state index in [1.165, 1.54) is 10.4 Å². The molecule has 30 heavy (non-hydrogen) atoms. The molecular weight excluding hydrogens is 388 g/mol. The van der Waals surface area contributed by atoms with E-state index in [0.29, 0.717) is 0 Å². The molecule has 4 heteroatoms. The lowest BCUT2D eigenvalue weighted by Gasteiger charge is -2.43. The van der Waals surface area contributed by atoms with Crippen molar-refractivity contribution in [2.45, 2.75) is 63.7 Å². The van der Waals surface area contributed by atoms with Crippen LogP contribution in [0.1, 0.15) is 47.0 Å². The van der Waals surface area contributed by atoms with Gasteiger partial charge in [0.1, 0.15) is 6.61 Å². The fraction of sp³-hybridized carbons (Fsp3) is 0.462. The topological polar surface area (TPSA) is 42.0 Å². The molecule has 160 valence electrons. The molecule has 2 unspecified atom stereocenters. The van der Waals surface area contributed by atoms with Gasteiger partial charge >= 0.3 is 0 Å². The Balaban J connectivity index is 1.70. The Labute approximate surface area is 182 Å². The fourth-order valence-electron chi connectivity index (χ4n) is 4.34. The molecule has 3 nitrogen and oxygen atoms in total. The minimum Gasteiger partial charge on any atom is -0.407 e. The summed E-state index contributed by atoms with van der Waals surface area (Å²) in [6, 6.07) is 21.5. The normalized spacial score (nSPS) is 21.0. The minimum absolute atomic E-state index is 0.00771. The van der Waals surface area contributed by atoms with E-state index in [2.05, 4.69) is 93.3 Å². The quantitative estimate of drug-likeness (QED) is 0.304. The summed E-state index contributed by atoms with van der Waals surface area (Å²) >= 11 is 0. The molecule has 1 fully saturated rings. The van der Waals surface area contributed by atoms with E-state index < -0.39 is 8.32 Å². The number of aliphatic hydroxyl groups is 1. The first-order chi connectivity index (χ1) is 14.3. The second-order valence-corrected chi connectivity index (χ2v) is 13.5. The molecular formula is C26H34O3Si. The van der Waals surface area contributed by atoms with Gasteiger partial charge in [0.25, 0.3) is 8.32 Å². The maximum atomic E-state index is 8.88. The minimum atomic E-state index is -2.44. The van der Waals surface area contributed by atoms with Crippen LogP contribution in [0.4, 0.5) is 0 Å². The molecule has 2 aromatic carbocycles. The van der Waals surface area contributed by atoms with Gasteiger partial charge in [0.15, 0.2) is 5.60 Å². The molecule has 2 atom stereocenters. The molecule has 1 N–H and O–H groups in total. The first kappa shape index (κ1) is 22.8. The Hall–Kier alpha value is -1.90. The van der Waals surface area contributed by atoms with Crippen molar-refractivity contribution < 1.29 is 14.3 Å². The molecule has 0 amide bonds. The molecule has 2 aromatic rings. The summed E-state index contributed by atoms with van der Waals surface area (Å²) in [5.41, 5.74) is -0.373. The van der Waals surface area contributed by atoms with Gasteiger partial charge in [-0.2, -0.15) is 0 Å². The predicted molar refractivity (Wildman–Crippen MR) is 126 cm³/mol. The van der Waals surface area contributed by atoms with Gasteiger partial charge in [-0.05, 0) is 41.6 Å². The Kier molecular flexibility index (Phi) is 7.20. The summed E-state index contributed by atoms with van der Waals surface area (Å²) in [7, 11) is -2.44. The van der Waals surface area contributed by atoms with Crippen LogP contribution in [0.15, 0.2) is 60.7 Å². The number of epoxide rings is 1. The summed E-state index contributed by atoms with van der Waals surface area (Å²) in [6.07, 6.45) is 3.18. The highest BCUT2D eigenvalue weighted by Crippen LogP contribution is 2.39. The van der Waals surface area contributed by atoms with Gasteiger partial charge in [-0.15, -0.1) is 0 Å². The van der Waals surface area contributed by atoms with Gasteiger partial charge in [-0.25, -0.2) is 0 Å². The number of hydrogen-bond donors (Lipinski definition) is 1. The van der Waals surface area contributed by atoms with Crippen LogP contribution in [0.2, 0.25) is 5.04 Å². The third kappa shape index (κ3) is 4.87. The molecule has 0 aromatic heterocycles. The van der Waals surface area contributed by atoms with Crippen LogP contribution in [0, 0.1) is 11.8 Å². The van der Waals surface area contributed by atoms with Crippen LogP contribution in [-0.2, 0) is 9.16 Å². The van der Waals surface area contributed by atoms with E-state index in [4.69, 9.17) is 14.3 Å². The smallest absolute Gasteiger partial charge is 0.261 e. The lowest BCUT2D eigenvalue weighted by Crippen LogP contribution is -2.66. The molecule has 0 spiro atoms. The molecule has 1 aliphatic heterocycles. The van der Waals surface area contributed by atoms with Gasteiger partial charge in [-0.3, -0.25) is 0 Å². The molecule has 3 rings (SSSR count). The van der Waals surface area contributed by atoms with Gasteiger partial charge < -0.3 is 14.3 Å². The lowest BCUT2D eigenvalue weighted by molar-refractivity contribution is 0.281. The summed E-state index contributed by atoms with van der Waals surface area (Å²) in [6.45, 7) is 9.55. The van der Waals surface area contributed by atoms with E-state index in [-0.39, 0.29) is 23.4 Å². The van der Waals surface area contributed by atoms with Crippen LogP contribution in [0.25, 0.3) is 0 Å². The number of ether oxygens (including phenoxy) is 1. The zero-order valence-electron chi connectivity index (χ0n) is 18.7. The summed E-state index contributed by atoms with van der Waals surface area (Å²) < 4.78 is 12.7. The third-order valence-corrected chi connectivity index (χ3v) is 11.0. The zero-order chi connectivity index (χ0) is 21.7. The maximum Gasteiger partial charge on any atom is 0.261 e. The van der Waals surface area contributed by atoms with Crippen LogP contribution in [0.3, 0.4) is 0 Å². The number of unbranched alkanes of at least 4 members (excludes halogenated alkanes) is 1. The molecule has 0 saturated carbocycles. The largest absolute Gasteiger partial charge is 0.407 e. The van der Waals surface area contributed by atoms with E-state index >= 15 is 0 Å². The zero-order valence-corrected chi connectivity index (χ0v) is 19.7. The van der Waals surface area contributed by atoms with E-state index in [9.17, 15) is 0 Å². The average molecular weight is 423 g/mol. The summed E-state index contributed by atoms with van der Waals surface area (Å²) in [4.78, 5) is 0. The maximum absolute atomic E-state index is 8.88. The van der Waals surface area contributed by atoms with Gasteiger partial charge in [0, 0.05) is 6.61 Å². The number of hydrogen-bond acceptors (Lipinski definition) is 3. The Morgan fingerprint density at radius 1 is 1.00 bits per heavy atom. The predicted octanol–water partition coefficient (Wildman–Crippen LogP) is 3.89. The molecule has 1 aliphatic rings. The highest BCUT2D eigenvalue weighted by molar-refractivity contribution is 6.99. The summed E-state index contributed by atoms with van der Waals surface area (Å²) in [5, 5.41) is 11.5. The second kappa shape index (κ2) is 9.49. The van der Waals surface area contributed by atoms with Crippen molar-refractivity contribution in [2.24, 2.45) is 0 Å². The first-order valence-corrected chi connectivity index (χ1v) is 12.8. The van der Waals surface area contributed by atoms with Crippen molar-refractivity contribution in [3.8, 4) is 11.8 Å². The monoisotopic (exact) mass is 422 g/mol. The van der Waals surface area contributed by atoms with E-state index in [0.717, 1.165) is 25.9 Å². The highest BCUT2D eigenvalue weighted by Gasteiger charge is 2.51. The van der Waals surface area contributed by atoms with Crippen LogP contribution < -0.4 is 10.4 Å². The van der Waals surface area contributed by atoms with Crippen molar-refractivity contribution in [1.82, 2.24) is 0 Å². The number of benzene rings is 2. The highest BCUT2D eigenvalue weighted by atomic mass is 28.4. The van der Waals surface area contributed by atoms with Crippen LogP contribution in [-0.4, -0.2) is 38.3 Å². The van der Waals surface area contributed by atoms with Crippen molar-refractivity contribution >= 4 is 18.7 Å². The van der Waals surface area contributed by atoms with Crippen molar-refractivity contribution in [3.63, 3.8) is 0 Å². The van der Waals surface area contributed by atoms with Gasteiger partial charge in [0.2, 0.25) is 0 Å². The number of aliphatic hydroxyl groups excluding tert-OH is 1. The lowest BCUT2D eigenvalue weighted by atomic mass is 10.0. The van der Waals surface area contributed by atoms with Crippen molar-refractivity contribution in [1.29, 1.82) is 0 Å². The number of rotatable bonds is 8.